The van der Waals surface area contributed by atoms with E-state index in [4.69, 9.17) is 16.3 Å². The van der Waals surface area contributed by atoms with Crippen LogP contribution in [0.1, 0.15) is 44.4 Å². The number of fused-ring (bicyclic) bond motifs is 3. The molecule has 0 unspecified atom stereocenters. The van der Waals surface area contributed by atoms with Gasteiger partial charge in [0.2, 0.25) is 0 Å². The zero-order chi connectivity index (χ0) is 14.5. The van der Waals surface area contributed by atoms with Gasteiger partial charge in [0.15, 0.2) is 0 Å². The number of carbonyl (C=O) groups is 1. The Morgan fingerprint density at radius 1 is 1.45 bits per heavy atom. The smallest absolute Gasteiger partial charge is 0.314 e. The predicted molar refractivity (Wildman–Crippen MR) is 78.8 cm³/mol. The molecule has 3 nitrogen and oxygen atoms in total. The highest BCUT2D eigenvalue weighted by Gasteiger charge is 2.56. The van der Waals surface area contributed by atoms with Crippen molar-refractivity contribution in [1.82, 2.24) is 5.32 Å². The number of halogens is 1. The van der Waals surface area contributed by atoms with Gasteiger partial charge in [-0.15, -0.1) is 0 Å². The van der Waals surface area contributed by atoms with Crippen molar-refractivity contribution in [2.45, 2.75) is 45.3 Å². The van der Waals surface area contributed by atoms with Crippen LogP contribution in [0.25, 0.3) is 0 Å². The third-order valence-electron chi connectivity index (χ3n) is 4.20. The molecule has 108 valence electrons. The van der Waals surface area contributed by atoms with Crippen LogP contribution in [-0.4, -0.2) is 18.1 Å². The van der Waals surface area contributed by atoms with Gasteiger partial charge in [-0.05, 0) is 63.4 Å². The van der Waals surface area contributed by atoms with E-state index in [1.807, 2.05) is 39.0 Å². The van der Waals surface area contributed by atoms with E-state index >= 15 is 0 Å². The lowest BCUT2D eigenvalue weighted by Gasteiger charge is -2.31. The van der Waals surface area contributed by atoms with E-state index in [1.54, 1.807) is 0 Å². The summed E-state index contributed by atoms with van der Waals surface area (Å²) in [5.41, 5.74) is 1.45. The van der Waals surface area contributed by atoms with E-state index in [0.29, 0.717) is 0 Å². The quantitative estimate of drug-likeness (QED) is 0.808. The second-order valence-corrected chi connectivity index (χ2v) is 7.25. The lowest BCUT2D eigenvalue weighted by Crippen LogP contribution is -2.39. The minimum absolute atomic E-state index is 0.0334. The zero-order valence-corrected chi connectivity index (χ0v) is 12.9. The molecule has 1 N–H and O–H groups in total. The highest BCUT2D eigenvalue weighted by molar-refractivity contribution is 6.30. The third kappa shape index (κ3) is 2.13. The van der Waals surface area contributed by atoms with Crippen molar-refractivity contribution < 1.29 is 9.53 Å². The molecule has 1 fully saturated rings. The van der Waals surface area contributed by atoms with E-state index in [9.17, 15) is 4.79 Å². The average molecular weight is 294 g/mol. The molecule has 3 rings (SSSR count). The fourth-order valence-electron chi connectivity index (χ4n) is 3.38. The van der Waals surface area contributed by atoms with Crippen LogP contribution in [0.5, 0.6) is 0 Å². The number of esters is 1. The van der Waals surface area contributed by atoms with E-state index in [-0.39, 0.29) is 12.0 Å². The number of nitrogens with one attached hydrogen (secondary N) is 1. The van der Waals surface area contributed by atoms with Crippen LogP contribution in [0, 0.1) is 5.41 Å². The molecule has 1 aromatic carbocycles. The number of benzene rings is 1. The largest absolute Gasteiger partial charge is 0.459 e. The van der Waals surface area contributed by atoms with Crippen molar-refractivity contribution in [3.63, 3.8) is 0 Å². The van der Waals surface area contributed by atoms with Gasteiger partial charge in [0.1, 0.15) is 5.60 Å². The van der Waals surface area contributed by atoms with Gasteiger partial charge in [-0.1, -0.05) is 17.7 Å². The summed E-state index contributed by atoms with van der Waals surface area (Å²) in [5.74, 6) is -0.0904. The molecule has 1 saturated heterocycles. The highest BCUT2D eigenvalue weighted by Crippen LogP contribution is 2.52. The maximum atomic E-state index is 12.7. The Labute approximate surface area is 124 Å². The Balaban J connectivity index is 1.97. The first kappa shape index (κ1) is 13.9. The SMILES string of the molecule is CC(C)(C)OC(=O)[C@]12CCN[C@H]1c1cc(Cl)ccc1C2. The van der Waals surface area contributed by atoms with Crippen molar-refractivity contribution in [3.8, 4) is 0 Å². The summed E-state index contributed by atoms with van der Waals surface area (Å²) >= 11 is 6.10. The minimum Gasteiger partial charge on any atom is -0.459 e. The summed E-state index contributed by atoms with van der Waals surface area (Å²) in [6, 6.07) is 5.94. The Hall–Kier alpha value is -1.06. The maximum absolute atomic E-state index is 12.7. The topological polar surface area (TPSA) is 38.3 Å². The molecule has 1 aromatic rings. The molecule has 0 spiro atoms. The zero-order valence-electron chi connectivity index (χ0n) is 12.1. The molecule has 1 aliphatic heterocycles. The third-order valence-corrected chi connectivity index (χ3v) is 4.44. The van der Waals surface area contributed by atoms with E-state index in [1.165, 1.54) is 5.56 Å². The molecular formula is C16H20ClNO2. The summed E-state index contributed by atoms with van der Waals surface area (Å²) in [7, 11) is 0. The Morgan fingerprint density at radius 2 is 2.20 bits per heavy atom. The van der Waals surface area contributed by atoms with Crippen LogP contribution >= 0.6 is 11.6 Å². The van der Waals surface area contributed by atoms with Gasteiger partial charge in [-0.3, -0.25) is 4.79 Å². The molecule has 2 atom stereocenters. The number of ether oxygens (including phenoxy) is 1. The Kier molecular flexibility index (Phi) is 3.11. The summed E-state index contributed by atoms with van der Waals surface area (Å²) in [5, 5.41) is 4.17. The molecule has 0 saturated carbocycles. The van der Waals surface area contributed by atoms with E-state index in [2.05, 4.69) is 5.32 Å². The summed E-state index contributed by atoms with van der Waals surface area (Å²) in [6.07, 6.45) is 1.56. The van der Waals surface area contributed by atoms with Crippen LogP contribution in [0.15, 0.2) is 18.2 Å². The number of hydrogen-bond donors (Lipinski definition) is 1. The van der Waals surface area contributed by atoms with E-state index < -0.39 is 11.0 Å². The van der Waals surface area contributed by atoms with Crippen LogP contribution in [0.3, 0.4) is 0 Å². The van der Waals surface area contributed by atoms with Gasteiger partial charge in [0.05, 0.1) is 5.41 Å². The van der Waals surface area contributed by atoms with Crippen molar-refractivity contribution in [3.05, 3.63) is 34.3 Å². The molecule has 0 aromatic heterocycles. The van der Waals surface area contributed by atoms with Gasteiger partial charge >= 0.3 is 5.97 Å². The van der Waals surface area contributed by atoms with Crippen LogP contribution < -0.4 is 5.32 Å². The standard InChI is InChI=1S/C16H20ClNO2/c1-15(2,3)20-14(19)16-6-7-18-13(16)12-8-11(17)5-4-10(12)9-16/h4-5,8,13,18H,6-7,9H2,1-3H3/t13-,16-/m0/s1. The molecule has 2 aliphatic rings. The fraction of sp³-hybridized carbons (Fsp3) is 0.562. The second kappa shape index (κ2) is 4.47. The van der Waals surface area contributed by atoms with Crippen molar-refractivity contribution in [2.24, 2.45) is 5.41 Å². The molecule has 20 heavy (non-hydrogen) atoms. The summed E-state index contributed by atoms with van der Waals surface area (Å²) in [4.78, 5) is 12.7. The van der Waals surface area contributed by atoms with E-state index in [0.717, 1.165) is 30.0 Å². The first-order valence-electron chi connectivity index (χ1n) is 7.07. The van der Waals surface area contributed by atoms with Crippen molar-refractivity contribution in [2.75, 3.05) is 6.54 Å². The molecule has 0 bridgehead atoms. The van der Waals surface area contributed by atoms with Crippen molar-refractivity contribution in [1.29, 1.82) is 0 Å². The molecule has 1 heterocycles. The van der Waals surface area contributed by atoms with Gasteiger partial charge in [-0.25, -0.2) is 0 Å². The van der Waals surface area contributed by atoms with Crippen LogP contribution in [0.2, 0.25) is 5.02 Å². The Bertz CT molecular complexity index is 564. The summed E-state index contributed by atoms with van der Waals surface area (Å²) < 4.78 is 5.68. The molecule has 0 amide bonds. The minimum atomic E-state index is -0.458. The average Bonchev–Trinajstić information content (AvgIpc) is 2.84. The first-order valence-corrected chi connectivity index (χ1v) is 7.45. The second-order valence-electron chi connectivity index (χ2n) is 6.82. The predicted octanol–water partition coefficient (Wildman–Crippen LogP) is 3.26. The van der Waals surface area contributed by atoms with Gasteiger partial charge < -0.3 is 10.1 Å². The first-order chi connectivity index (χ1) is 9.32. The van der Waals surface area contributed by atoms with Crippen LogP contribution in [0.4, 0.5) is 0 Å². The van der Waals surface area contributed by atoms with Crippen molar-refractivity contribution >= 4 is 17.6 Å². The number of hydrogen-bond acceptors (Lipinski definition) is 3. The molecule has 1 aliphatic carbocycles. The normalized spacial score (nSPS) is 28.1. The lowest BCUT2D eigenvalue weighted by atomic mass is 9.81. The Morgan fingerprint density at radius 3 is 2.90 bits per heavy atom. The summed E-state index contributed by atoms with van der Waals surface area (Å²) in [6.45, 7) is 6.59. The maximum Gasteiger partial charge on any atom is 0.314 e. The molecular weight excluding hydrogens is 274 g/mol. The molecule has 4 heteroatoms. The monoisotopic (exact) mass is 293 g/mol. The lowest BCUT2D eigenvalue weighted by molar-refractivity contribution is -0.167. The highest BCUT2D eigenvalue weighted by atomic mass is 35.5. The fourth-order valence-corrected chi connectivity index (χ4v) is 3.57. The van der Waals surface area contributed by atoms with Gasteiger partial charge in [0, 0.05) is 11.1 Å². The van der Waals surface area contributed by atoms with Gasteiger partial charge in [0.25, 0.3) is 0 Å². The number of rotatable bonds is 1. The molecule has 0 radical (unpaired) electrons. The van der Waals surface area contributed by atoms with Gasteiger partial charge in [-0.2, -0.15) is 0 Å². The number of carbonyl (C=O) groups excluding carboxylic acids is 1. The van der Waals surface area contributed by atoms with Crippen LogP contribution in [-0.2, 0) is 16.0 Å².